The summed E-state index contributed by atoms with van der Waals surface area (Å²) in [5.41, 5.74) is 6.79. The van der Waals surface area contributed by atoms with E-state index < -0.39 is 0 Å². The summed E-state index contributed by atoms with van der Waals surface area (Å²) in [4.78, 5) is 4.64. The lowest BCUT2D eigenvalue weighted by molar-refractivity contribution is 0.657. The van der Waals surface area contributed by atoms with Gasteiger partial charge in [-0.3, -0.25) is 0 Å². The van der Waals surface area contributed by atoms with E-state index in [2.05, 4.69) is 20.2 Å². The lowest BCUT2D eigenvalue weighted by atomic mass is 10.2. The summed E-state index contributed by atoms with van der Waals surface area (Å²) < 4.78 is 4.13. The standard InChI is InChI=1S/C13H15ClN4S/c14-10-3-1-2-4-11(10)17-5-7-18(8-6-17)13-9-12(15)16-19-13/h1-4,9H,5-8H2,(H2,15,16). The molecule has 1 saturated heterocycles. The molecule has 0 aliphatic carbocycles. The molecule has 0 atom stereocenters. The number of anilines is 3. The Hall–Kier alpha value is -1.46. The molecule has 1 aliphatic heterocycles. The van der Waals surface area contributed by atoms with E-state index in [0.29, 0.717) is 5.82 Å². The van der Waals surface area contributed by atoms with Gasteiger partial charge in [0.1, 0.15) is 10.8 Å². The van der Waals surface area contributed by atoms with E-state index in [9.17, 15) is 0 Å². The Morgan fingerprint density at radius 1 is 1.11 bits per heavy atom. The number of hydrogen-bond donors (Lipinski definition) is 1. The number of halogens is 1. The van der Waals surface area contributed by atoms with Crippen LogP contribution in [0.3, 0.4) is 0 Å². The van der Waals surface area contributed by atoms with Crippen LogP contribution in [0.15, 0.2) is 30.3 Å². The van der Waals surface area contributed by atoms with Crippen molar-refractivity contribution in [2.45, 2.75) is 0 Å². The zero-order valence-corrected chi connectivity index (χ0v) is 12.0. The monoisotopic (exact) mass is 294 g/mol. The van der Waals surface area contributed by atoms with Gasteiger partial charge < -0.3 is 15.5 Å². The minimum absolute atomic E-state index is 0.605. The van der Waals surface area contributed by atoms with E-state index in [1.165, 1.54) is 11.5 Å². The van der Waals surface area contributed by atoms with Crippen molar-refractivity contribution in [3.05, 3.63) is 35.4 Å². The minimum atomic E-state index is 0.605. The van der Waals surface area contributed by atoms with Gasteiger partial charge >= 0.3 is 0 Å². The Balaban J connectivity index is 1.68. The van der Waals surface area contributed by atoms with Crippen molar-refractivity contribution in [1.29, 1.82) is 0 Å². The third-order valence-electron chi connectivity index (χ3n) is 3.30. The summed E-state index contributed by atoms with van der Waals surface area (Å²) in [7, 11) is 0. The number of nitrogen functional groups attached to an aromatic ring is 1. The first kappa shape index (κ1) is 12.6. The fourth-order valence-electron chi connectivity index (χ4n) is 2.30. The maximum absolute atomic E-state index is 6.23. The minimum Gasteiger partial charge on any atom is -0.383 e. The van der Waals surface area contributed by atoms with Crippen LogP contribution < -0.4 is 15.5 Å². The average Bonchev–Trinajstić information content (AvgIpc) is 2.86. The predicted molar refractivity (Wildman–Crippen MR) is 82.4 cm³/mol. The van der Waals surface area contributed by atoms with E-state index >= 15 is 0 Å². The first-order valence-electron chi connectivity index (χ1n) is 6.20. The highest BCUT2D eigenvalue weighted by atomic mass is 35.5. The summed E-state index contributed by atoms with van der Waals surface area (Å²) in [6.45, 7) is 3.85. The largest absolute Gasteiger partial charge is 0.383 e. The van der Waals surface area contributed by atoms with Gasteiger partial charge in [0.25, 0.3) is 0 Å². The molecule has 100 valence electrons. The van der Waals surface area contributed by atoms with Crippen LogP contribution in [-0.4, -0.2) is 30.6 Å². The molecule has 1 aliphatic rings. The molecule has 0 saturated carbocycles. The van der Waals surface area contributed by atoms with Gasteiger partial charge in [-0.25, -0.2) is 0 Å². The van der Waals surface area contributed by atoms with E-state index in [1.54, 1.807) is 0 Å². The summed E-state index contributed by atoms with van der Waals surface area (Å²) in [6, 6.07) is 9.94. The Morgan fingerprint density at radius 2 is 1.79 bits per heavy atom. The predicted octanol–water partition coefficient (Wildman–Crippen LogP) is 2.71. The molecule has 1 aromatic carbocycles. The summed E-state index contributed by atoms with van der Waals surface area (Å²) >= 11 is 7.70. The molecule has 1 fully saturated rings. The number of aromatic nitrogens is 1. The molecule has 1 aromatic heterocycles. The van der Waals surface area contributed by atoms with E-state index in [0.717, 1.165) is 41.9 Å². The molecular formula is C13H15ClN4S. The normalized spacial score (nSPS) is 15.8. The van der Waals surface area contributed by atoms with Crippen LogP contribution >= 0.6 is 23.1 Å². The van der Waals surface area contributed by atoms with Gasteiger partial charge in [-0.15, -0.1) is 0 Å². The van der Waals surface area contributed by atoms with Gasteiger partial charge in [0, 0.05) is 32.2 Å². The molecule has 0 bridgehead atoms. The smallest absolute Gasteiger partial charge is 0.139 e. The molecule has 4 nitrogen and oxygen atoms in total. The molecule has 6 heteroatoms. The van der Waals surface area contributed by atoms with Crippen LogP contribution in [0.5, 0.6) is 0 Å². The number of nitrogens with zero attached hydrogens (tertiary/aromatic N) is 3. The highest BCUT2D eigenvalue weighted by molar-refractivity contribution is 7.10. The second-order valence-corrected chi connectivity index (χ2v) is 5.71. The molecule has 2 N–H and O–H groups in total. The topological polar surface area (TPSA) is 45.4 Å². The highest BCUT2D eigenvalue weighted by Crippen LogP contribution is 2.28. The van der Waals surface area contributed by atoms with Crippen molar-refractivity contribution in [2.75, 3.05) is 41.7 Å². The fraction of sp³-hybridized carbons (Fsp3) is 0.308. The molecular weight excluding hydrogens is 280 g/mol. The SMILES string of the molecule is Nc1cc(N2CCN(c3ccccc3Cl)CC2)sn1. The zero-order chi connectivity index (χ0) is 13.2. The zero-order valence-electron chi connectivity index (χ0n) is 10.4. The third kappa shape index (κ3) is 2.62. The highest BCUT2D eigenvalue weighted by Gasteiger charge is 2.20. The number of benzene rings is 1. The van der Waals surface area contributed by atoms with Gasteiger partial charge in [0.2, 0.25) is 0 Å². The van der Waals surface area contributed by atoms with Crippen molar-refractivity contribution in [1.82, 2.24) is 4.37 Å². The van der Waals surface area contributed by atoms with Crippen LogP contribution in [0, 0.1) is 0 Å². The molecule has 0 amide bonds. The molecule has 0 radical (unpaired) electrons. The van der Waals surface area contributed by atoms with Crippen LogP contribution in [0.1, 0.15) is 0 Å². The van der Waals surface area contributed by atoms with Crippen LogP contribution in [0.2, 0.25) is 5.02 Å². The Labute approximate surface area is 121 Å². The Morgan fingerprint density at radius 3 is 2.42 bits per heavy atom. The summed E-state index contributed by atoms with van der Waals surface area (Å²) in [5.74, 6) is 0.605. The molecule has 2 aromatic rings. The first-order valence-corrected chi connectivity index (χ1v) is 7.36. The lowest BCUT2D eigenvalue weighted by Gasteiger charge is -2.36. The van der Waals surface area contributed by atoms with Crippen LogP contribution in [0.4, 0.5) is 16.5 Å². The van der Waals surface area contributed by atoms with Crippen molar-refractivity contribution < 1.29 is 0 Å². The summed E-state index contributed by atoms with van der Waals surface area (Å²) in [5, 5.41) is 1.97. The van der Waals surface area contributed by atoms with Crippen LogP contribution in [-0.2, 0) is 0 Å². The number of hydrogen-bond acceptors (Lipinski definition) is 5. The number of para-hydroxylation sites is 1. The third-order valence-corrected chi connectivity index (χ3v) is 4.49. The van der Waals surface area contributed by atoms with Crippen molar-refractivity contribution >= 4 is 39.6 Å². The van der Waals surface area contributed by atoms with E-state index in [4.69, 9.17) is 17.3 Å². The van der Waals surface area contributed by atoms with Gasteiger partial charge in [-0.2, -0.15) is 4.37 Å². The van der Waals surface area contributed by atoms with Gasteiger partial charge in [0.05, 0.1) is 10.7 Å². The second kappa shape index (κ2) is 5.27. The molecule has 19 heavy (non-hydrogen) atoms. The Kier molecular flexibility index (Phi) is 3.48. The Bertz CT molecular complexity index is 563. The van der Waals surface area contributed by atoms with Gasteiger partial charge in [-0.1, -0.05) is 23.7 Å². The van der Waals surface area contributed by atoms with Crippen LogP contribution in [0.25, 0.3) is 0 Å². The quantitative estimate of drug-likeness (QED) is 0.925. The molecule has 0 unspecified atom stereocenters. The molecule has 3 rings (SSSR count). The van der Waals surface area contributed by atoms with E-state index in [-0.39, 0.29) is 0 Å². The number of rotatable bonds is 2. The first-order chi connectivity index (χ1) is 9.24. The molecule has 0 spiro atoms. The second-order valence-electron chi connectivity index (χ2n) is 4.52. The van der Waals surface area contributed by atoms with Crippen molar-refractivity contribution in [3.63, 3.8) is 0 Å². The average molecular weight is 295 g/mol. The van der Waals surface area contributed by atoms with Crippen molar-refractivity contribution in [3.8, 4) is 0 Å². The molecule has 2 heterocycles. The maximum Gasteiger partial charge on any atom is 0.139 e. The number of nitrogens with two attached hydrogens (primary N) is 1. The fourth-order valence-corrected chi connectivity index (χ4v) is 3.28. The maximum atomic E-state index is 6.23. The van der Waals surface area contributed by atoms with Crippen molar-refractivity contribution in [2.24, 2.45) is 0 Å². The lowest BCUT2D eigenvalue weighted by Crippen LogP contribution is -2.46. The number of piperazine rings is 1. The van der Waals surface area contributed by atoms with Gasteiger partial charge in [-0.05, 0) is 23.7 Å². The van der Waals surface area contributed by atoms with E-state index in [1.807, 2.05) is 24.3 Å². The summed E-state index contributed by atoms with van der Waals surface area (Å²) in [6.07, 6.45) is 0. The van der Waals surface area contributed by atoms with Gasteiger partial charge in [0.15, 0.2) is 0 Å².